The van der Waals surface area contributed by atoms with Gasteiger partial charge < -0.3 is 5.32 Å². The van der Waals surface area contributed by atoms with Crippen LogP contribution >= 0.6 is 23.8 Å². The molecule has 0 aliphatic carbocycles. The second kappa shape index (κ2) is 10.6. The SMILES string of the molecule is O=C(C[C@@H]1C(=O)N(Cc2ccccc2)C(=S)N1NC(=O)c1cccc(F)c1)Nc1ccc(Cl)cc1. The molecule has 3 aromatic rings. The molecule has 1 aliphatic rings. The van der Waals surface area contributed by atoms with Gasteiger partial charge in [-0.3, -0.25) is 24.7 Å². The Bertz CT molecular complexity index is 1270. The standard InChI is InChI=1S/C25H20ClFN4O3S/c26-18-9-11-20(12-10-18)28-22(32)14-21-24(34)30(15-16-5-2-1-3-6-16)25(35)31(21)29-23(33)17-7-4-8-19(27)13-17/h1-13,21H,14-15H2,(H,28,32)(H,29,33)/t21-/m1/s1. The molecular weight excluding hydrogens is 491 g/mol. The summed E-state index contributed by atoms with van der Waals surface area (Å²) in [6.07, 6.45) is -0.281. The van der Waals surface area contributed by atoms with Crippen LogP contribution in [-0.4, -0.2) is 38.8 Å². The van der Waals surface area contributed by atoms with Crippen molar-refractivity contribution in [1.82, 2.24) is 15.3 Å². The van der Waals surface area contributed by atoms with Crippen LogP contribution < -0.4 is 10.7 Å². The number of anilines is 1. The summed E-state index contributed by atoms with van der Waals surface area (Å²) >= 11 is 11.4. The fourth-order valence-electron chi connectivity index (χ4n) is 3.59. The molecule has 1 atom stereocenters. The lowest BCUT2D eigenvalue weighted by molar-refractivity contribution is -0.131. The predicted molar refractivity (Wildman–Crippen MR) is 134 cm³/mol. The van der Waals surface area contributed by atoms with Crippen molar-refractivity contribution in [2.75, 3.05) is 5.32 Å². The number of hydrogen-bond acceptors (Lipinski definition) is 4. The summed E-state index contributed by atoms with van der Waals surface area (Å²) in [5, 5.41) is 4.45. The Morgan fingerprint density at radius 1 is 1.00 bits per heavy atom. The molecule has 1 aliphatic heterocycles. The van der Waals surface area contributed by atoms with Gasteiger partial charge in [-0.1, -0.05) is 48.0 Å². The molecule has 0 spiro atoms. The maximum atomic E-state index is 13.6. The highest BCUT2D eigenvalue weighted by Gasteiger charge is 2.44. The molecule has 1 heterocycles. The molecule has 35 heavy (non-hydrogen) atoms. The number of carbonyl (C=O) groups is 3. The van der Waals surface area contributed by atoms with Crippen LogP contribution in [0.4, 0.5) is 10.1 Å². The van der Waals surface area contributed by atoms with Gasteiger partial charge in [-0.25, -0.2) is 9.40 Å². The van der Waals surface area contributed by atoms with E-state index in [2.05, 4.69) is 10.7 Å². The third-order valence-electron chi connectivity index (χ3n) is 5.30. The Labute approximate surface area is 211 Å². The van der Waals surface area contributed by atoms with Crippen LogP contribution in [0.25, 0.3) is 0 Å². The number of benzene rings is 3. The van der Waals surface area contributed by atoms with Gasteiger partial charge in [0.15, 0.2) is 5.11 Å². The van der Waals surface area contributed by atoms with Crippen molar-refractivity contribution in [3.63, 3.8) is 0 Å². The van der Waals surface area contributed by atoms with Crippen LogP contribution in [0.15, 0.2) is 78.9 Å². The molecule has 2 N–H and O–H groups in total. The summed E-state index contributed by atoms with van der Waals surface area (Å²) in [5.41, 5.74) is 3.95. The van der Waals surface area contributed by atoms with Gasteiger partial charge in [0.25, 0.3) is 11.8 Å². The Hall–Kier alpha value is -3.82. The van der Waals surface area contributed by atoms with E-state index in [-0.39, 0.29) is 23.6 Å². The maximum absolute atomic E-state index is 13.6. The van der Waals surface area contributed by atoms with E-state index >= 15 is 0 Å². The van der Waals surface area contributed by atoms with Crippen LogP contribution in [0, 0.1) is 5.82 Å². The fourth-order valence-corrected chi connectivity index (χ4v) is 4.04. The number of rotatable bonds is 7. The van der Waals surface area contributed by atoms with Gasteiger partial charge in [0.1, 0.15) is 11.9 Å². The monoisotopic (exact) mass is 510 g/mol. The number of halogens is 2. The minimum Gasteiger partial charge on any atom is -0.326 e. The average Bonchev–Trinajstić information content (AvgIpc) is 3.05. The molecule has 0 bridgehead atoms. The van der Waals surface area contributed by atoms with Gasteiger partial charge >= 0.3 is 0 Å². The topological polar surface area (TPSA) is 81.8 Å². The quantitative estimate of drug-likeness (QED) is 0.467. The summed E-state index contributed by atoms with van der Waals surface area (Å²) in [4.78, 5) is 40.2. The van der Waals surface area contributed by atoms with Crippen molar-refractivity contribution in [3.8, 4) is 0 Å². The highest BCUT2D eigenvalue weighted by atomic mass is 35.5. The number of carbonyl (C=O) groups excluding carboxylic acids is 3. The molecule has 0 unspecified atom stereocenters. The maximum Gasteiger partial charge on any atom is 0.269 e. The van der Waals surface area contributed by atoms with Gasteiger partial charge in [-0.05, 0) is 60.2 Å². The van der Waals surface area contributed by atoms with E-state index in [1.54, 1.807) is 24.3 Å². The second-order valence-corrected chi connectivity index (χ2v) is 8.59. The van der Waals surface area contributed by atoms with Gasteiger partial charge in [-0.2, -0.15) is 0 Å². The van der Waals surface area contributed by atoms with Gasteiger partial charge in [0.05, 0.1) is 13.0 Å². The van der Waals surface area contributed by atoms with E-state index < -0.39 is 29.6 Å². The van der Waals surface area contributed by atoms with E-state index in [1.807, 2.05) is 30.3 Å². The molecule has 4 rings (SSSR count). The molecule has 1 saturated heterocycles. The first-order valence-electron chi connectivity index (χ1n) is 10.6. The Kier molecular flexibility index (Phi) is 7.38. The highest BCUT2D eigenvalue weighted by molar-refractivity contribution is 7.80. The second-order valence-electron chi connectivity index (χ2n) is 7.79. The number of amides is 3. The molecule has 10 heteroatoms. The molecule has 1 fully saturated rings. The lowest BCUT2D eigenvalue weighted by Crippen LogP contribution is -2.49. The Morgan fingerprint density at radius 2 is 1.71 bits per heavy atom. The highest BCUT2D eigenvalue weighted by Crippen LogP contribution is 2.23. The first-order chi connectivity index (χ1) is 16.8. The third kappa shape index (κ3) is 5.82. The molecule has 178 valence electrons. The minimum absolute atomic E-state index is 0.0351. The number of nitrogens with one attached hydrogen (secondary N) is 2. The van der Waals surface area contributed by atoms with Crippen LogP contribution in [0.3, 0.4) is 0 Å². The van der Waals surface area contributed by atoms with Crippen molar-refractivity contribution in [2.24, 2.45) is 0 Å². The van der Waals surface area contributed by atoms with Crippen molar-refractivity contribution < 1.29 is 18.8 Å². The molecule has 0 aromatic heterocycles. The number of hydrogen-bond donors (Lipinski definition) is 2. The van der Waals surface area contributed by atoms with E-state index in [9.17, 15) is 18.8 Å². The lowest BCUT2D eigenvalue weighted by Gasteiger charge is -2.24. The zero-order chi connectivity index (χ0) is 24.9. The molecule has 0 radical (unpaired) electrons. The van der Waals surface area contributed by atoms with Crippen molar-refractivity contribution in [1.29, 1.82) is 0 Å². The Balaban J connectivity index is 1.56. The summed E-state index contributed by atoms with van der Waals surface area (Å²) in [7, 11) is 0. The largest absolute Gasteiger partial charge is 0.326 e. The normalized spacial score (nSPS) is 15.3. The van der Waals surface area contributed by atoms with E-state index in [0.29, 0.717) is 10.7 Å². The minimum atomic E-state index is -1.09. The molecule has 7 nitrogen and oxygen atoms in total. The summed E-state index contributed by atoms with van der Waals surface area (Å²) in [5.74, 6) is -2.14. The van der Waals surface area contributed by atoms with Crippen molar-refractivity contribution in [3.05, 3.63) is 101 Å². The van der Waals surface area contributed by atoms with Crippen LogP contribution in [0.1, 0.15) is 22.3 Å². The fraction of sp³-hybridized carbons (Fsp3) is 0.120. The third-order valence-corrected chi connectivity index (χ3v) is 5.97. The zero-order valence-corrected chi connectivity index (χ0v) is 19.9. The molecular formula is C25H20ClFN4O3S. The molecule has 0 saturated carbocycles. The summed E-state index contributed by atoms with van der Waals surface area (Å²) in [6, 6.07) is 19.7. The first kappa shape index (κ1) is 24.3. The van der Waals surface area contributed by atoms with E-state index in [1.165, 1.54) is 28.1 Å². The van der Waals surface area contributed by atoms with Crippen LogP contribution in [0.5, 0.6) is 0 Å². The van der Waals surface area contributed by atoms with Crippen LogP contribution in [0.2, 0.25) is 5.02 Å². The van der Waals surface area contributed by atoms with Gasteiger partial charge in [-0.15, -0.1) is 0 Å². The lowest BCUT2D eigenvalue weighted by atomic mass is 10.1. The molecule has 3 aromatic carbocycles. The number of nitrogens with zero attached hydrogens (tertiary/aromatic N) is 2. The van der Waals surface area contributed by atoms with E-state index in [0.717, 1.165) is 11.6 Å². The van der Waals surface area contributed by atoms with Gasteiger partial charge in [0, 0.05) is 16.3 Å². The first-order valence-corrected chi connectivity index (χ1v) is 11.4. The molecule has 3 amide bonds. The average molecular weight is 511 g/mol. The van der Waals surface area contributed by atoms with Gasteiger partial charge in [0.2, 0.25) is 5.91 Å². The van der Waals surface area contributed by atoms with Crippen molar-refractivity contribution in [2.45, 2.75) is 19.0 Å². The number of thiocarbonyl (C=S) groups is 1. The number of hydrazine groups is 1. The van der Waals surface area contributed by atoms with Crippen LogP contribution in [-0.2, 0) is 16.1 Å². The smallest absolute Gasteiger partial charge is 0.269 e. The van der Waals surface area contributed by atoms with Crippen molar-refractivity contribution >= 4 is 52.3 Å². The van der Waals surface area contributed by atoms with E-state index in [4.69, 9.17) is 23.8 Å². The summed E-state index contributed by atoms with van der Waals surface area (Å²) < 4.78 is 13.6. The Morgan fingerprint density at radius 3 is 2.40 bits per heavy atom. The predicted octanol–water partition coefficient (Wildman–Crippen LogP) is 4.15. The zero-order valence-electron chi connectivity index (χ0n) is 18.3. The summed E-state index contributed by atoms with van der Waals surface area (Å²) in [6.45, 7) is 0.167.